The highest BCUT2D eigenvalue weighted by molar-refractivity contribution is 5.75. The second-order valence-corrected chi connectivity index (χ2v) is 3.89. The predicted molar refractivity (Wildman–Crippen MR) is 64.9 cm³/mol. The molecule has 0 radical (unpaired) electrons. The van der Waals surface area contributed by atoms with Crippen LogP contribution < -0.4 is 11.1 Å². The third kappa shape index (κ3) is 4.29. The van der Waals surface area contributed by atoms with Crippen LogP contribution in [0.4, 0.5) is 0 Å². The maximum Gasteiger partial charge on any atom is 0.239 e. The molecule has 0 bridgehead atoms. The highest BCUT2D eigenvalue weighted by Gasteiger charge is 2.07. The van der Waals surface area contributed by atoms with Crippen LogP contribution in [-0.2, 0) is 11.3 Å². The minimum atomic E-state index is -0.0903. The van der Waals surface area contributed by atoms with Crippen LogP contribution in [0.25, 0.3) is 0 Å². The number of carbonyl (C=O) groups is 1. The van der Waals surface area contributed by atoms with E-state index in [1.807, 2.05) is 31.5 Å². The van der Waals surface area contributed by atoms with Crippen molar-refractivity contribution in [3.05, 3.63) is 24.0 Å². The lowest BCUT2D eigenvalue weighted by molar-refractivity contribution is -0.121. The number of carbonyl (C=O) groups excluding carboxylic acids is 1. The van der Waals surface area contributed by atoms with Gasteiger partial charge in [0.2, 0.25) is 5.91 Å². The van der Waals surface area contributed by atoms with E-state index in [4.69, 9.17) is 11.0 Å². The second-order valence-electron chi connectivity index (χ2n) is 3.89. The predicted octanol–water partition coefficient (Wildman–Crippen LogP) is 0.928. The van der Waals surface area contributed by atoms with Crippen molar-refractivity contribution in [2.45, 2.75) is 32.4 Å². The molecular formula is C12H18N4O. The van der Waals surface area contributed by atoms with Crippen LogP contribution in [0.2, 0.25) is 0 Å². The largest absolute Gasteiger partial charge is 0.354 e. The molecule has 5 nitrogen and oxygen atoms in total. The van der Waals surface area contributed by atoms with E-state index >= 15 is 0 Å². The van der Waals surface area contributed by atoms with Crippen molar-refractivity contribution in [2.75, 3.05) is 6.54 Å². The van der Waals surface area contributed by atoms with Crippen molar-refractivity contribution in [1.29, 1.82) is 5.26 Å². The van der Waals surface area contributed by atoms with Crippen molar-refractivity contribution in [3.63, 3.8) is 0 Å². The average Bonchev–Trinajstić information content (AvgIpc) is 2.77. The van der Waals surface area contributed by atoms with Gasteiger partial charge in [0, 0.05) is 25.0 Å². The van der Waals surface area contributed by atoms with E-state index in [0.717, 1.165) is 12.0 Å². The molecule has 1 atom stereocenters. The number of hydrogen-bond acceptors (Lipinski definition) is 3. The van der Waals surface area contributed by atoms with E-state index in [1.165, 1.54) is 0 Å². The SMILES string of the molecule is CCC(N)c1ccn(CC(=O)NCCC#N)c1. The van der Waals surface area contributed by atoms with Crippen molar-refractivity contribution < 1.29 is 4.79 Å². The Morgan fingerprint density at radius 1 is 1.71 bits per heavy atom. The summed E-state index contributed by atoms with van der Waals surface area (Å²) in [6, 6.07) is 3.93. The van der Waals surface area contributed by atoms with Crippen LogP contribution in [0, 0.1) is 11.3 Å². The zero-order valence-corrected chi connectivity index (χ0v) is 10.0. The minimum Gasteiger partial charge on any atom is -0.354 e. The minimum absolute atomic E-state index is 0.0258. The van der Waals surface area contributed by atoms with Gasteiger partial charge in [-0.05, 0) is 18.1 Å². The van der Waals surface area contributed by atoms with Gasteiger partial charge in [-0.15, -0.1) is 0 Å². The molecule has 0 spiro atoms. The van der Waals surface area contributed by atoms with Gasteiger partial charge in [0.25, 0.3) is 0 Å². The van der Waals surface area contributed by atoms with E-state index in [0.29, 0.717) is 13.0 Å². The molecule has 3 N–H and O–H groups in total. The molecule has 0 fully saturated rings. The molecule has 1 aromatic heterocycles. The van der Waals surface area contributed by atoms with Crippen LogP contribution in [0.15, 0.2) is 18.5 Å². The van der Waals surface area contributed by atoms with Gasteiger partial charge in [0.15, 0.2) is 0 Å². The molecule has 0 aliphatic carbocycles. The van der Waals surface area contributed by atoms with Crippen LogP contribution in [0.5, 0.6) is 0 Å². The van der Waals surface area contributed by atoms with Crippen LogP contribution in [-0.4, -0.2) is 17.0 Å². The number of nitrogens with zero attached hydrogens (tertiary/aromatic N) is 2. The first-order valence-corrected chi connectivity index (χ1v) is 5.72. The van der Waals surface area contributed by atoms with E-state index in [2.05, 4.69) is 5.32 Å². The summed E-state index contributed by atoms with van der Waals surface area (Å²) in [7, 11) is 0. The summed E-state index contributed by atoms with van der Waals surface area (Å²) in [5.74, 6) is -0.0903. The molecule has 0 aliphatic heterocycles. The first kappa shape index (κ1) is 13.3. The van der Waals surface area contributed by atoms with Gasteiger partial charge < -0.3 is 15.6 Å². The van der Waals surface area contributed by atoms with E-state index in [-0.39, 0.29) is 18.5 Å². The molecule has 92 valence electrons. The molecule has 0 saturated heterocycles. The van der Waals surface area contributed by atoms with Crippen LogP contribution in [0.3, 0.4) is 0 Å². The summed E-state index contributed by atoms with van der Waals surface area (Å²) in [5.41, 5.74) is 6.93. The molecule has 0 aromatic carbocycles. The van der Waals surface area contributed by atoms with Crippen LogP contribution >= 0.6 is 0 Å². The quantitative estimate of drug-likeness (QED) is 0.718. The van der Waals surface area contributed by atoms with Gasteiger partial charge in [-0.1, -0.05) is 6.92 Å². The Kier molecular flexibility index (Phi) is 5.24. The van der Waals surface area contributed by atoms with E-state index in [9.17, 15) is 4.79 Å². The third-order valence-corrected chi connectivity index (χ3v) is 2.53. The fourth-order valence-electron chi connectivity index (χ4n) is 1.49. The maximum atomic E-state index is 11.5. The van der Waals surface area contributed by atoms with Gasteiger partial charge in [0.1, 0.15) is 6.54 Å². The monoisotopic (exact) mass is 234 g/mol. The van der Waals surface area contributed by atoms with Gasteiger partial charge in [-0.25, -0.2) is 0 Å². The number of nitrogens with one attached hydrogen (secondary N) is 1. The number of nitriles is 1. The van der Waals surface area contributed by atoms with Gasteiger partial charge in [-0.3, -0.25) is 4.79 Å². The zero-order valence-electron chi connectivity index (χ0n) is 10.0. The lowest BCUT2D eigenvalue weighted by Crippen LogP contribution is -2.27. The van der Waals surface area contributed by atoms with E-state index < -0.39 is 0 Å². The highest BCUT2D eigenvalue weighted by Crippen LogP contribution is 2.13. The number of amides is 1. The Bertz CT molecular complexity index is 405. The van der Waals surface area contributed by atoms with E-state index in [1.54, 1.807) is 4.57 Å². The number of hydrogen-bond donors (Lipinski definition) is 2. The van der Waals surface area contributed by atoms with Gasteiger partial charge in [0.05, 0.1) is 12.5 Å². The molecule has 17 heavy (non-hydrogen) atoms. The normalized spacial score (nSPS) is 11.8. The molecule has 0 saturated carbocycles. The standard InChI is InChI=1S/C12H18N4O/c1-2-11(14)10-4-7-16(8-10)9-12(17)15-6-3-5-13/h4,7-8,11H,2-3,6,9,14H2,1H3,(H,15,17). The fraction of sp³-hybridized carbons (Fsp3) is 0.500. The Hall–Kier alpha value is -1.80. The summed E-state index contributed by atoms with van der Waals surface area (Å²) in [6.45, 7) is 2.69. The Labute approximate surface area is 101 Å². The molecular weight excluding hydrogens is 216 g/mol. The van der Waals surface area contributed by atoms with Gasteiger partial charge >= 0.3 is 0 Å². The molecule has 1 unspecified atom stereocenters. The number of aromatic nitrogens is 1. The molecule has 1 rings (SSSR count). The summed E-state index contributed by atoms with van der Waals surface area (Å²) in [6.07, 6.45) is 4.94. The Morgan fingerprint density at radius 2 is 2.47 bits per heavy atom. The smallest absolute Gasteiger partial charge is 0.239 e. The maximum absolute atomic E-state index is 11.5. The molecule has 5 heteroatoms. The molecule has 1 aromatic rings. The summed E-state index contributed by atoms with van der Waals surface area (Å²) in [4.78, 5) is 11.5. The van der Waals surface area contributed by atoms with Crippen molar-refractivity contribution in [1.82, 2.24) is 9.88 Å². The van der Waals surface area contributed by atoms with Crippen molar-refractivity contribution in [2.24, 2.45) is 5.73 Å². The first-order valence-electron chi connectivity index (χ1n) is 5.72. The van der Waals surface area contributed by atoms with Crippen molar-refractivity contribution in [3.8, 4) is 6.07 Å². The van der Waals surface area contributed by atoms with Crippen molar-refractivity contribution >= 4 is 5.91 Å². The molecule has 1 amide bonds. The lowest BCUT2D eigenvalue weighted by atomic mass is 10.1. The summed E-state index contributed by atoms with van der Waals surface area (Å²) in [5, 5.41) is 11.0. The zero-order chi connectivity index (χ0) is 12.7. The number of rotatable bonds is 6. The summed E-state index contributed by atoms with van der Waals surface area (Å²) < 4.78 is 1.80. The third-order valence-electron chi connectivity index (χ3n) is 2.53. The molecule has 1 heterocycles. The topological polar surface area (TPSA) is 83.8 Å². The van der Waals surface area contributed by atoms with Gasteiger partial charge in [-0.2, -0.15) is 5.26 Å². The summed E-state index contributed by atoms with van der Waals surface area (Å²) >= 11 is 0. The van der Waals surface area contributed by atoms with Crippen LogP contribution in [0.1, 0.15) is 31.4 Å². The fourth-order valence-corrected chi connectivity index (χ4v) is 1.49. The Balaban J connectivity index is 2.44. The second kappa shape index (κ2) is 6.71. The highest BCUT2D eigenvalue weighted by atomic mass is 16.1. The lowest BCUT2D eigenvalue weighted by Gasteiger charge is -2.06. The average molecular weight is 234 g/mol. The molecule has 0 aliphatic rings. The number of nitrogens with two attached hydrogens (primary N) is 1. The Morgan fingerprint density at radius 3 is 3.12 bits per heavy atom. The first-order chi connectivity index (χ1) is 8.17.